The van der Waals surface area contributed by atoms with Crippen LogP contribution in [0.4, 0.5) is 16.8 Å². The molecular formula is C53H54N10O7S. The molecule has 0 saturated carbocycles. The van der Waals surface area contributed by atoms with Crippen LogP contribution in [0.2, 0.25) is 0 Å². The van der Waals surface area contributed by atoms with Crippen molar-refractivity contribution in [2.45, 2.75) is 77.4 Å². The van der Waals surface area contributed by atoms with Gasteiger partial charge in [-0.05, 0) is 148 Å². The van der Waals surface area contributed by atoms with Crippen LogP contribution < -0.4 is 25.6 Å². The molecule has 2 fully saturated rings. The van der Waals surface area contributed by atoms with Gasteiger partial charge in [-0.2, -0.15) is 5.10 Å². The van der Waals surface area contributed by atoms with E-state index < -0.39 is 11.9 Å². The number of para-hydroxylation sites is 1. The predicted molar refractivity (Wildman–Crippen MR) is 271 cm³/mol. The van der Waals surface area contributed by atoms with Gasteiger partial charge in [0, 0.05) is 43.1 Å². The van der Waals surface area contributed by atoms with Gasteiger partial charge < -0.3 is 20.1 Å². The highest BCUT2D eigenvalue weighted by Crippen LogP contribution is 2.35. The van der Waals surface area contributed by atoms with Gasteiger partial charge in [-0.15, -0.1) is 0 Å². The Bertz CT molecular complexity index is 3200. The number of benzene rings is 3. The van der Waals surface area contributed by atoms with E-state index in [4.69, 9.17) is 9.72 Å². The number of ether oxygens (including phenoxy) is 1. The summed E-state index contributed by atoms with van der Waals surface area (Å²) in [6, 6.07) is 26.4. The molecule has 18 heteroatoms. The molecule has 0 spiro atoms. The number of carbonyl (C=O) groups excluding carboxylic acids is 4. The average molecular weight is 975 g/mol. The highest BCUT2D eigenvalue weighted by molar-refractivity contribution is 7.22. The Labute approximate surface area is 413 Å². The fraction of sp³-hybridized carbons (Fsp3) is 0.340. The Morgan fingerprint density at radius 1 is 0.901 bits per heavy atom. The van der Waals surface area contributed by atoms with Crippen molar-refractivity contribution in [1.29, 1.82) is 0 Å². The number of hydrogen-bond acceptors (Lipinski definition) is 13. The molecule has 71 heavy (non-hydrogen) atoms. The summed E-state index contributed by atoms with van der Waals surface area (Å²) in [5.74, 6) is -0.527. The van der Waals surface area contributed by atoms with E-state index in [1.807, 2.05) is 90.7 Å². The molecule has 3 aliphatic rings. The maximum Gasteiger partial charge on any atom is 0.355 e. The molecule has 17 nitrogen and oxygen atoms in total. The first-order chi connectivity index (χ1) is 34.3. The van der Waals surface area contributed by atoms with E-state index in [9.17, 15) is 29.1 Å². The SMILES string of the molecule is Cc1cc(O[C@@H](C)CCC2CCN(CC(=O)Nc3ccc4c(C5CCC(=O)NC5=O)nn(C)c4n3)CC2)ccc1-c1ccc(N2CCc3cccc(C(=O)Nc4nc5ccccc5s4)c3C2)nc1C(=O)O. The third-order valence-electron chi connectivity index (χ3n) is 13.9. The van der Waals surface area contributed by atoms with Gasteiger partial charge >= 0.3 is 5.97 Å². The molecular weight excluding hydrogens is 921 g/mol. The second kappa shape index (κ2) is 20.0. The van der Waals surface area contributed by atoms with Gasteiger partial charge in [-0.1, -0.05) is 41.7 Å². The molecule has 364 valence electrons. The van der Waals surface area contributed by atoms with Crippen molar-refractivity contribution >= 4 is 79.0 Å². The molecule has 2 atom stereocenters. The number of piperidine rings is 2. The largest absolute Gasteiger partial charge is 0.491 e. The highest BCUT2D eigenvalue weighted by Gasteiger charge is 2.32. The van der Waals surface area contributed by atoms with Crippen LogP contribution in [-0.2, 0) is 34.4 Å². The molecule has 4 amide bonds. The standard InChI is InChI=1S/C53H54N10O7S/c1-30-27-34(70-31(2)11-12-32-21-24-62(25-22-32)29-46(65)55-43-18-15-38-47(60-61(3)49(38)56-43)39-17-20-45(64)58-51(39)67)13-14-35(30)36-16-19-44(57-48(36)52(68)69)63-26-23-33-7-6-8-37(40(33)28-63)50(66)59-53-54-41-9-4-5-10-42(41)71-53/h4-10,13-16,18-19,27,31-32,39H,11-12,17,20-26,28-29H2,1-3H3,(H,68,69)(H,54,59,66)(H,55,56,65)(H,58,64,67)/t31-,39?/m0/s1. The number of rotatable bonds is 14. The molecule has 3 aliphatic heterocycles. The van der Waals surface area contributed by atoms with E-state index >= 15 is 0 Å². The number of pyridine rings is 2. The number of amides is 4. The number of carbonyl (C=O) groups is 5. The summed E-state index contributed by atoms with van der Waals surface area (Å²) in [6.45, 7) is 6.90. The number of imide groups is 1. The van der Waals surface area contributed by atoms with Crippen molar-refractivity contribution in [2.24, 2.45) is 13.0 Å². The number of aromatic carboxylic acids is 1. The Balaban J connectivity index is 0.704. The minimum Gasteiger partial charge on any atom is -0.491 e. The Morgan fingerprint density at radius 3 is 2.51 bits per heavy atom. The first kappa shape index (κ1) is 47.1. The fourth-order valence-corrected chi connectivity index (χ4v) is 11.0. The van der Waals surface area contributed by atoms with Crippen LogP contribution in [0.25, 0.3) is 32.4 Å². The van der Waals surface area contributed by atoms with Crippen LogP contribution in [-0.4, -0.2) is 96.6 Å². The van der Waals surface area contributed by atoms with Crippen molar-refractivity contribution in [2.75, 3.05) is 41.7 Å². The van der Waals surface area contributed by atoms with Gasteiger partial charge in [0.15, 0.2) is 16.5 Å². The zero-order valence-electron chi connectivity index (χ0n) is 39.7. The van der Waals surface area contributed by atoms with Crippen LogP contribution in [0.1, 0.15) is 94.6 Å². The highest BCUT2D eigenvalue weighted by atomic mass is 32.1. The Morgan fingerprint density at radius 2 is 1.72 bits per heavy atom. The van der Waals surface area contributed by atoms with Crippen molar-refractivity contribution in [1.82, 2.24) is 34.9 Å². The molecule has 0 aliphatic carbocycles. The maximum atomic E-state index is 13.6. The number of carboxylic acids is 1. The number of carboxylic acid groups (broad SMARTS) is 1. The molecule has 1 unspecified atom stereocenters. The molecule has 0 bridgehead atoms. The van der Waals surface area contributed by atoms with Gasteiger partial charge in [0.05, 0.1) is 34.5 Å². The number of nitrogens with zero attached hydrogens (tertiary/aromatic N) is 7. The average Bonchev–Trinajstić information content (AvgIpc) is 3.92. The number of thiazole rings is 1. The molecule has 7 heterocycles. The van der Waals surface area contributed by atoms with E-state index in [1.54, 1.807) is 17.8 Å². The van der Waals surface area contributed by atoms with Gasteiger partial charge in [0.25, 0.3) is 5.91 Å². The van der Waals surface area contributed by atoms with Crippen LogP contribution in [0.5, 0.6) is 5.75 Å². The first-order valence-corrected chi connectivity index (χ1v) is 24.9. The maximum absolute atomic E-state index is 13.6. The van der Waals surface area contributed by atoms with E-state index in [-0.39, 0.29) is 48.4 Å². The normalized spacial score (nSPS) is 16.9. The number of likely N-dealkylation sites (tertiary alicyclic amines) is 1. The third-order valence-corrected chi connectivity index (χ3v) is 14.8. The van der Waals surface area contributed by atoms with Crippen molar-refractivity contribution in [3.8, 4) is 16.9 Å². The van der Waals surface area contributed by atoms with Gasteiger partial charge in [0.2, 0.25) is 17.7 Å². The summed E-state index contributed by atoms with van der Waals surface area (Å²) >= 11 is 1.43. The zero-order valence-corrected chi connectivity index (χ0v) is 40.6. The van der Waals surface area contributed by atoms with Crippen LogP contribution in [0.3, 0.4) is 0 Å². The Kier molecular flexibility index (Phi) is 13.3. The lowest BCUT2D eigenvalue weighted by atomic mass is 9.91. The van der Waals surface area contributed by atoms with Crippen LogP contribution in [0, 0.1) is 12.8 Å². The number of anilines is 3. The second-order valence-corrected chi connectivity index (χ2v) is 19.8. The molecule has 4 N–H and O–H groups in total. The lowest BCUT2D eigenvalue weighted by molar-refractivity contribution is -0.134. The number of aryl methyl sites for hydroxylation is 2. The van der Waals surface area contributed by atoms with Gasteiger partial charge in [0.1, 0.15) is 17.4 Å². The summed E-state index contributed by atoms with van der Waals surface area (Å²) in [6.07, 6.45) is 5.09. The summed E-state index contributed by atoms with van der Waals surface area (Å²) in [5, 5.41) is 24.5. The molecule has 0 radical (unpaired) electrons. The smallest absolute Gasteiger partial charge is 0.355 e. The number of hydrogen-bond donors (Lipinski definition) is 4. The monoisotopic (exact) mass is 974 g/mol. The fourth-order valence-electron chi connectivity index (χ4n) is 10.1. The van der Waals surface area contributed by atoms with Gasteiger partial charge in [-0.25, -0.2) is 19.7 Å². The quantitative estimate of drug-likeness (QED) is 0.0765. The van der Waals surface area contributed by atoms with Crippen molar-refractivity contribution in [3.63, 3.8) is 0 Å². The van der Waals surface area contributed by atoms with Crippen molar-refractivity contribution < 1.29 is 33.8 Å². The number of aromatic nitrogens is 5. The topological polar surface area (TPSA) is 214 Å². The minimum atomic E-state index is -1.13. The van der Waals surface area contributed by atoms with E-state index in [1.165, 1.54) is 11.3 Å². The third kappa shape index (κ3) is 10.2. The summed E-state index contributed by atoms with van der Waals surface area (Å²) in [4.78, 5) is 81.7. The lowest BCUT2D eigenvalue weighted by Gasteiger charge is -2.32. The summed E-state index contributed by atoms with van der Waals surface area (Å²) < 4.78 is 8.97. The second-order valence-electron chi connectivity index (χ2n) is 18.8. The number of fused-ring (bicyclic) bond motifs is 3. The van der Waals surface area contributed by atoms with E-state index in [0.717, 1.165) is 71.2 Å². The molecule has 7 aromatic rings. The molecule has 10 rings (SSSR count). The summed E-state index contributed by atoms with van der Waals surface area (Å²) in [5.41, 5.74) is 6.54. The van der Waals surface area contributed by atoms with E-state index in [2.05, 4.69) is 42.8 Å². The van der Waals surface area contributed by atoms with Crippen LogP contribution in [0.15, 0.2) is 84.9 Å². The Hall–Kier alpha value is -7.57. The zero-order chi connectivity index (χ0) is 49.3. The molecule has 4 aromatic heterocycles. The lowest BCUT2D eigenvalue weighted by Crippen LogP contribution is -2.39. The van der Waals surface area contributed by atoms with Crippen molar-refractivity contribution in [3.05, 3.63) is 119 Å². The van der Waals surface area contributed by atoms with E-state index in [0.29, 0.717) is 82.2 Å². The van der Waals surface area contributed by atoms with Gasteiger partial charge in [-0.3, -0.25) is 39.4 Å². The summed E-state index contributed by atoms with van der Waals surface area (Å²) in [7, 11) is 1.74. The predicted octanol–water partition coefficient (Wildman–Crippen LogP) is 7.88. The number of nitrogens with one attached hydrogen (secondary N) is 3. The van der Waals surface area contributed by atoms with Crippen LogP contribution >= 0.6 is 11.3 Å². The minimum absolute atomic E-state index is 0.0438. The molecule has 2 saturated heterocycles. The molecule has 3 aromatic carbocycles. The first-order valence-electron chi connectivity index (χ1n) is 24.1.